The Morgan fingerprint density at radius 3 is 0.845 bits per heavy atom. The van der Waals surface area contributed by atoms with Gasteiger partial charge < -0.3 is 17.3 Å². The van der Waals surface area contributed by atoms with E-state index in [0.29, 0.717) is 0 Å². The van der Waals surface area contributed by atoms with Crippen molar-refractivity contribution in [3.63, 3.8) is 0 Å². The number of hydrogen-bond acceptors (Lipinski definition) is 4. The summed E-state index contributed by atoms with van der Waals surface area (Å²) in [5, 5.41) is 7.10. The van der Waals surface area contributed by atoms with Crippen LogP contribution >= 0.6 is 0 Å². The first-order chi connectivity index (χ1) is 28.8. The fraction of sp³-hybridized carbons (Fsp3) is 0. The normalized spacial score (nSPS) is 14.4. The van der Waals surface area contributed by atoms with Gasteiger partial charge in [0.2, 0.25) is 0 Å². The summed E-state index contributed by atoms with van der Waals surface area (Å²) in [4.78, 5) is 0. The van der Waals surface area contributed by atoms with Crippen LogP contribution in [0, 0.1) is 0 Å². The number of hydrogen-bond donors (Lipinski definition) is 0. The van der Waals surface area contributed by atoms with Crippen LogP contribution in [0.1, 0.15) is 0 Å². The Morgan fingerprint density at radius 2 is 0.534 bits per heavy atom. The van der Waals surface area contributed by atoms with Gasteiger partial charge in [-0.05, 0) is 44.0 Å². The summed E-state index contributed by atoms with van der Waals surface area (Å²) in [5.41, 5.74) is 6.13. The zero-order valence-electron chi connectivity index (χ0n) is 31.7. The molecule has 1 aliphatic rings. The van der Waals surface area contributed by atoms with Crippen molar-refractivity contribution < 1.29 is 8.83 Å². The van der Waals surface area contributed by atoms with Crippen LogP contribution in [0.15, 0.2) is 239 Å². The third kappa shape index (κ3) is 4.92. The van der Waals surface area contributed by atoms with E-state index < -0.39 is 16.8 Å². The largest absolute Gasteiger partial charge is 0.441 e. The van der Waals surface area contributed by atoms with Crippen LogP contribution in [-0.2, 0) is 0 Å². The standard InChI is InChI=1S/C52H38N2O2Si2/c1-7-23-39(24-8-1)49-45-35-19-21-37-47(45)55-51(49)53-57(41-27-11-3-12-28-41,42-29-13-4-14-30-42)54(58(53,43-31-15-5-16-32-43)44-33-17-6-18-34-44)52-50(40-25-9-2-10-26-40)46-36-20-22-38-48(46)56-52/h1-38H. The second kappa shape index (κ2) is 13.8. The molecule has 1 aliphatic heterocycles. The molecule has 0 spiro atoms. The molecule has 1 saturated heterocycles. The van der Waals surface area contributed by atoms with Crippen molar-refractivity contribution >= 4 is 71.2 Å². The van der Waals surface area contributed by atoms with Gasteiger partial charge in [0.05, 0.1) is 11.1 Å². The molecule has 4 nitrogen and oxygen atoms in total. The second-order valence-electron chi connectivity index (χ2n) is 14.8. The van der Waals surface area contributed by atoms with E-state index in [1.54, 1.807) is 0 Å². The zero-order valence-corrected chi connectivity index (χ0v) is 33.7. The predicted octanol–water partition coefficient (Wildman–Crippen LogP) is 10.4. The summed E-state index contributed by atoms with van der Waals surface area (Å²) in [6.45, 7) is 0. The van der Waals surface area contributed by atoms with Gasteiger partial charge in [-0.3, -0.25) is 0 Å². The van der Waals surface area contributed by atoms with Crippen LogP contribution in [-0.4, -0.2) is 16.8 Å². The maximum Gasteiger partial charge on any atom is 0.323 e. The van der Waals surface area contributed by atoms with E-state index >= 15 is 0 Å². The van der Waals surface area contributed by atoms with E-state index in [1.807, 2.05) is 0 Å². The lowest BCUT2D eigenvalue weighted by Crippen LogP contribution is -3.07. The summed E-state index contributed by atoms with van der Waals surface area (Å²) < 4.78 is 20.5. The van der Waals surface area contributed by atoms with Crippen LogP contribution in [0.2, 0.25) is 0 Å². The Kier molecular flexibility index (Phi) is 8.13. The summed E-state index contributed by atoms with van der Waals surface area (Å²) in [6, 6.07) is 83.1. The molecule has 0 saturated carbocycles. The van der Waals surface area contributed by atoms with Crippen molar-refractivity contribution in [3.05, 3.63) is 231 Å². The minimum Gasteiger partial charge on any atom is -0.441 e. The van der Waals surface area contributed by atoms with Gasteiger partial charge in [-0.15, -0.1) is 0 Å². The monoisotopic (exact) mass is 778 g/mol. The lowest BCUT2D eigenvalue weighted by Gasteiger charge is -2.71. The Hall–Kier alpha value is -7.13. The highest BCUT2D eigenvalue weighted by Gasteiger charge is 2.77. The Balaban J connectivity index is 1.39. The highest BCUT2D eigenvalue weighted by molar-refractivity contribution is 7.38. The fourth-order valence-corrected chi connectivity index (χ4v) is 24.4. The SMILES string of the molecule is c1ccc(-c2c(N3[Si](c4ccccc4)(c4ccccc4)N(c4oc5ccccc5c4-c4ccccc4)[Si]3(c3ccccc3)c3ccccc3)oc3ccccc23)cc1. The number of anilines is 2. The van der Waals surface area contributed by atoms with E-state index in [1.165, 1.54) is 20.7 Å². The van der Waals surface area contributed by atoms with Gasteiger partial charge >= 0.3 is 16.8 Å². The number of para-hydroxylation sites is 2. The first-order valence-electron chi connectivity index (χ1n) is 19.8. The van der Waals surface area contributed by atoms with Gasteiger partial charge in [-0.25, -0.2) is 0 Å². The van der Waals surface area contributed by atoms with E-state index in [2.05, 4.69) is 239 Å². The van der Waals surface area contributed by atoms with Crippen LogP contribution in [0.25, 0.3) is 44.2 Å². The molecule has 0 aliphatic carbocycles. The third-order valence-electron chi connectivity index (χ3n) is 11.7. The summed E-state index contributed by atoms with van der Waals surface area (Å²) >= 11 is 0. The highest BCUT2D eigenvalue weighted by atomic mass is 28.5. The fourth-order valence-electron chi connectivity index (χ4n) is 9.41. The number of nitrogens with zero attached hydrogens (tertiary/aromatic N) is 2. The molecule has 8 aromatic carbocycles. The predicted molar refractivity (Wildman–Crippen MR) is 244 cm³/mol. The van der Waals surface area contributed by atoms with Crippen LogP contribution < -0.4 is 29.2 Å². The molecular formula is C52H38N2O2Si2. The highest BCUT2D eigenvalue weighted by Crippen LogP contribution is 2.54. The molecule has 1 fully saturated rings. The Bertz CT molecular complexity index is 2710. The molecular weight excluding hydrogens is 741 g/mol. The molecule has 0 N–H and O–H groups in total. The summed E-state index contributed by atoms with van der Waals surface area (Å²) in [6.07, 6.45) is 0. The smallest absolute Gasteiger partial charge is 0.323 e. The molecule has 6 heteroatoms. The molecule has 11 rings (SSSR count). The first kappa shape index (κ1) is 34.1. The van der Waals surface area contributed by atoms with Crippen molar-refractivity contribution in [2.75, 3.05) is 8.46 Å². The van der Waals surface area contributed by atoms with E-state index in [-0.39, 0.29) is 0 Å². The molecule has 0 amide bonds. The lowest BCUT2D eigenvalue weighted by atomic mass is 10.0. The van der Waals surface area contributed by atoms with E-state index in [0.717, 1.165) is 56.0 Å². The van der Waals surface area contributed by atoms with Gasteiger partial charge in [-0.1, -0.05) is 218 Å². The lowest BCUT2D eigenvalue weighted by molar-refractivity contribution is 0.613. The molecule has 2 aromatic heterocycles. The molecule has 58 heavy (non-hydrogen) atoms. The minimum atomic E-state index is -3.45. The number of furan rings is 2. The average Bonchev–Trinajstić information content (AvgIpc) is 3.86. The van der Waals surface area contributed by atoms with Crippen molar-refractivity contribution in [2.45, 2.75) is 0 Å². The molecule has 0 unspecified atom stereocenters. The van der Waals surface area contributed by atoms with Gasteiger partial charge in [0.1, 0.15) is 11.2 Å². The first-order valence-corrected chi connectivity index (χ1v) is 23.6. The van der Waals surface area contributed by atoms with Gasteiger partial charge in [0, 0.05) is 10.8 Å². The topological polar surface area (TPSA) is 32.8 Å². The van der Waals surface area contributed by atoms with E-state index in [9.17, 15) is 0 Å². The number of rotatable bonds is 8. The van der Waals surface area contributed by atoms with Crippen molar-refractivity contribution in [1.82, 2.24) is 0 Å². The van der Waals surface area contributed by atoms with Gasteiger partial charge in [0.25, 0.3) is 0 Å². The van der Waals surface area contributed by atoms with Crippen LogP contribution in [0.4, 0.5) is 11.8 Å². The Morgan fingerprint density at radius 1 is 0.276 bits per heavy atom. The second-order valence-corrected chi connectivity index (χ2v) is 22.4. The third-order valence-corrected chi connectivity index (χ3v) is 23.5. The quantitative estimate of drug-likeness (QED) is 0.144. The Labute approximate surface area is 339 Å². The van der Waals surface area contributed by atoms with Crippen LogP contribution in [0.5, 0.6) is 0 Å². The molecule has 10 aromatic rings. The summed E-state index contributed by atoms with van der Waals surface area (Å²) in [7, 11) is -6.90. The minimum absolute atomic E-state index is 0.858. The molecule has 0 bridgehead atoms. The molecule has 0 radical (unpaired) electrons. The van der Waals surface area contributed by atoms with Crippen LogP contribution in [0.3, 0.4) is 0 Å². The van der Waals surface area contributed by atoms with Gasteiger partial charge in [0.15, 0.2) is 11.8 Å². The van der Waals surface area contributed by atoms with Crippen molar-refractivity contribution in [3.8, 4) is 22.3 Å². The maximum absolute atomic E-state index is 7.45. The molecule has 0 atom stereocenters. The molecule has 276 valence electrons. The van der Waals surface area contributed by atoms with E-state index in [4.69, 9.17) is 8.83 Å². The zero-order chi connectivity index (χ0) is 38.5. The average molecular weight is 779 g/mol. The number of benzene rings is 8. The number of fused-ring (bicyclic) bond motifs is 2. The van der Waals surface area contributed by atoms with Crippen molar-refractivity contribution in [2.24, 2.45) is 0 Å². The van der Waals surface area contributed by atoms with Gasteiger partial charge in [-0.2, -0.15) is 0 Å². The summed E-state index contributed by atoms with van der Waals surface area (Å²) in [5.74, 6) is 1.75. The molecule has 3 heterocycles. The van der Waals surface area contributed by atoms with Crippen molar-refractivity contribution in [1.29, 1.82) is 0 Å². The maximum atomic E-state index is 7.45.